The van der Waals surface area contributed by atoms with Gasteiger partial charge in [0.25, 0.3) is 0 Å². The molecule has 0 aromatic rings. The number of carbonyl (C=O) groups is 1. The summed E-state index contributed by atoms with van der Waals surface area (Å²) in [4.78, 5) is 11.1. The number of quaternary nitrogens is 1. The Hall–Kier alpha value is -3.20. The van der Waals surface area contributed by atoms with Crippen LogP contribution in [-0.2, 0) is 4.79 Å². The van der Waals surface area contributed by atoms with Gasteiger partial charge in [-0.05, 0) is 76.5 Å². The quantitative estimate of drug-likeness (QED) is 0.614. The van der Waals surface area contributed by atoms with E-state index in [4.69, 9.17) is 0 Å². The fraction of sp³-hybridized carbons (Fsp3) is 0.111. The highest BCUT2D eigenvalue weighted by molar-refractivity contribution is 5.92. The molecule has 0 aliphatic carbocycles. The molecule has 130 valence electrons. The van der Waals surface area contributed by atoms with Crippen molar-refractivity contribution < 1.29 is 44.3 Å². The van der Waals surface area contributed by atoms with Crippen molar-refractivity contribution in [2.24, 2.45) is 0 Å². The van der Waals surface area contributed by atoms with E-state index in [9.17, 15) is 4.79 Å². The largest absolute Gasteiger partial charge is 1.00 e. The van der Waals surface area contributed by atoms with Gasteiger partial charge >= 0.3 is 0 Å². The smallest absolute Gasteiger partial charge is 0.220 e. The van der Waals surface area contributed by atoms with Crippen LogP contribution in [0.2, 0.25) is 0 Å². The third-order valence-electron chi connectivity index (χ3n) is 1.49. The van der Waals surface area contributed by atoms with Crippen LogP contribution in [0.15, 0.2) is 87.2 Å². The molecule has 0 bridgehead atoms. The summed E-state index contributed by atoms with van der Waals surface area (Å²) in [5.74, 6) is -0.132. The Bertz CT molecular complexity index is 906. The molecule has 0 fully saturated rings. The molecule has 0 radical (unpaired) electrons. The molecule has 0 aromatic heterocycles. The molecule has 0 saturated carbocycles. The minimum Gasteiger partial charge on any atom is -1.00 e. The van der Waals surface area contributed by atoms with Gasteiger partial charge in [0.1, 0.15) is 6.04 Å². The van der Waals surface area contributed by atoms with Crippen LogP contribution >= 0.6 is 0 Å². The van der Waals surface area contributed by atoms with Crippen LogP contribution in [-0.4, -0.2) is 11.8 Å². The van der Waals surface area contributed by atoms with Crippen LogP contribution in [0.1, 0.15) is 28.3 Å². The maximum Gasteiger partial charge on any atom is 0.220 e. The van der Waals surface area contributed by atoms with Crippen LogP contribution in [0.5, 0.6) is 0 Å². The summed E-state index contributed by atoms with van der Waals surface area (Å²) in [6.07, 6.45) is 1.25. The van der Waals surface area contributed by atoms with Gasteiger partial charge in [-0.2, -0.15) is 0 Å². The third-order valence-corrected chi connectivity index (χ3v) is 1.49. The van der Waals surface area contributed by atoms with Crippen molar-refractivity contribution >= 4 is 5.78 Å². The summed E-state index contributed by atoms with van der Waals surface area (Å²) < 4.78 is 0. The first kappa shape index (κ1) is 20.1. The van der Waals surface area contributed by atoms with Crippen LogP contribution in [0.3, 0.4) is 0 Å². The van der Waals surface area contributed by atoms with Crippen molar-refractivity contribution in [2.45, 2.75) is 13.0 Å². The molecule has 0 heterocycles. The number of hydrogen-bond donors (Lipinski definition) is 1. The van der Waals surface area contributed by atoms with Gasteiger partial charge in [-0.25, -0.2) is 0 Å². The van der Waals surface area contributed by atoms with E-state index in [1.165, 1.54) is 6.08 Å². The molecule has 2 nitrogen and oxygen atoms in total. The van der Waals surface area contributed by atoms with Gasteiger partial charge in [-0.1, -0.05) is 11.5 Å². The summed E-state index contributed by atoms with van der Waals surface area (Å²) in [5, 5.41) is 0. The van der Waals surface area contributed by atoms with Crippen LogP contribution < -0.4 is 18.1 Å². The Balaban J connectivity index is -0.0000000150. The van der Waals surface area contributed by atoms with Crippen LogP contribution in [0.4, 0.5) is 0 Å². The standard InChI is InChI=1S/C18H9NO.ClH.15H2/c1-3-4-5-6-7-8-9-10-11-12-13-14-15-16-18(20)17(2)19;;;;;;;;;;;;;;;;/h16-17H,1,19H2,2H3;16*1H/t17-;;;;;;;;;;;;;;;;/m0................/s1. The van der Waals surface area contributed by atoms with E-state index in [0.717, 1.165) is 0 Å². The van der Waals surface area contributed by atoms with E-state index in [2.05, 4.69) is 86.8 Å². The number of rotatable bonds is 2. The monoisotopic (exact) mass is 321 g/mol. The van der Waals surface area contributed by atoms with Gasteiger partial charge in [0.05, 0.1) is 0 Å². The third kappa shape index (κ3) is 14.7. The van der Waals surface area contributed by atoms with E-state index >= 15 is 0 Å². The highest BCUT2D eigenvalue weighted by atomic mass is 35.5. The molecule has 0 aromatic carbocycles. The average Bonchev–Trinajstić information content (AvgIpc) is 2.43. The first-order chi connectivity index (χ1) is 9.68. The molecular formula is C18H40ClNO. The zero-order chi connectivity index (χ0) is 15.1. The minimum atomic E-state index is -0.303. The van der Waals surface area contributed by atoms with Gasteiger partial charge in [0, 0.05) is 27.5 Å². The molecule has 3 N–H and O–H groups in total. The Labute approximate surface area is 151 Å². The highest BCUT2D eigenvalue weighted by Crippen LogP contribution is 1.76. The summed E-state index contributed by atoms with van der Waals surface area (Å²) >= 11 is 0. The van der Waals surface area contributed by atoms with Crippen molar-refractivity contribution in [3.05, 3.63) is 87.2 Å². The molecule has 0 rings (SSSR count). The molecule has 21 heavy (non-hydrogen) atoms. The molecule has 0 spiro atoms. The summed E-state index contributed by atoms with van der Waals surface area (Å²) in [6.45, 7) is 4.99. The molecular weight excluding hydrogens is 282 g/mol. The number of halogens is 1. The molecule has 1 atom stereocenters. The maximum atomic E-state index is 11.1. The lowest BCUT2D eigenvalue weighted by Crippen LogP contribution is -3.00. The van der Waals surface area contributed by atoms with E-state index < -0.39 is 0 Å². The Kier molecular flexibility index (Phi) is 14.2. The first-order valence-electron chi connectivity index (χ1n) is 5.41. The molecule has 0 aliphatic rings. The lowest BCUT2D eigenvalue weighted by molar-refractivity contribution is -0.396. The zero-order valence-corrected chi connectivity index (χ0v) is 12.1. The van der Waals surface area contributed by atoms with E-state index in [0.29, 0.717) is 0 Å². The normalized spacial score (nSPS) is 6.76. The first-order valence-corrected chi connectivity index (χ1v) is 5.41. The van der Waals surface area contributed by atoms with Crippen molar-refractivity contribution in [3.63, 3.8) is 0 Å². The second-order valence-electron chi connectivity index (χ2n) is 3.14. The number of hydrogen-bond acceptors (Lipinski definition) is 1. The van der Waals surface area contributed by atoms with Gasteiger partial charge in [-0.3, -0.25) is 4.79 Å². The molecule has 3 heteroatoms. The van der Waals surface area contributed by atoms with Crippen molar-refractivity contribution in [3.8, 4) is 0 Å². The predicted molar refractivity (Wildman–Crippen MR) is 105 cm³/mol. The summed E-state index contributed by atoms with van der Waals surface area (Å²) in [5.41, 5.74) is 35.6. The molecule has 0 amide bonds. The Morgan fingerprint density at radius 3 is 1.71 bits per heavy atom. The second-order valence-corrected chi connectivity index (χ2v) is 3.14. The van der Waals surface area contributed by atoms with Crippen LogP contribution in [0.25, 0.3) is 0 Å². The molecule has 0 saturated heterocycles. The van der Waals surface area contributed by atoms with Crippen LogP contribution in [0, 0.1) is 0 Å². The fourth-order valence-corrected chi connectivity index (χ4v) is 0.611. The van der Waals surface area contributed by atoms with E-state index in [1.807, 2.05) is 0 Å². The van der Waals surface area contributed by atoms with Crippen molar-refractivity contribution in [1.29, 1.82) is 0 Å². The van der Waals surface area contributed by atoms with E-state index in [1.54, 1.807) is 6.92 Å². The topological polar surface area (TPSA) is 44.7 Å². The molecule has 0 unspecified atom stereocenters. The molecule has 0 aliphatic heterocycles. The van der Waals surface area contributed by atoms with Gasteiger partial charge < -0.3 is 18.1 Å². The van der Waals surface area contributed by atoms with Gasteiger partial charge in [-0.15, -0.1) is 0 Å². The van der Waals surface area contributed by atoms with Crippen molar-refractivity contribution in [2.75, 3.05) is 0 Å². The fourth-order valence-electron chi connectivity index (χ4n) is 0.611. The van der Waals surface area contributed by atoms with Crippen molar-refractivity contribution in [1.82, 2.24) is 0 Å². The minimum absolute atomic E-state index is 0. The number of ketones is 1. The SMILES string of the molecule is C=C=C=C=C=C=C=C=C=C=C=C=C=C=CC(=O)[C@H](C)[NH3+].[Cl-].[HH].[HH].[HH].[HH].[HH].[HH].[HH].[HH].[HH].[HH].[HH].[HH].[HH].[HH].[HH]. The average molecular weight is 322 g/mol. The van der Waals surface area contributed by atoms with Gasteiger partial charge in [0.2, 0.25) is 5.78 Å². The second kappa shape index (κ2) is 14.9. The summed E-state index contributed by atoms with van der Waals surface area (Å²) in [6, 6.07) is -0.303. The van der Waals surface area contributed by atoms with E-state index in [-0.39, 0.29) is 45.6 Å². The lowest BCUT2D eigenvalue weighted by atomic mass is 10.2. The predicted octanol–water partition coefficient (Wildman–Crippen LogP) is 2.08. The zero-order valence-electron chi connectivity index (χ0n) is 11.4. The lowest BCUT2D eigenvalue weighted by Gasteiger charge is -1.89. The Morgan fingerprint density at radius 1 is 0.952 bits per heavy atom. The highest BCUT2D eigenvalue weighted by Gasteiger charge is 2.04. The van der Waals surface area contributed by atoms with Gasteiger partial charge in [0.15, 0.2) is 0 Å². The number of carbonyl (C=O) groups excluding carboxylic acids is 1. The summed E-state index contributed by atoms with van der Waals surface area (Å²) in [7, 11) is 0. The maximum absolute atomic E-state index is 11.1. The Morgan fingerprint density at radius 2 is 1.33 bits per heavy atom.